The van der Waals surface area contributed by atoms with Crippen molar-refractivity contribution in [2.45, 2.75) is 52.4 Å². The maximum absolute atomic E-state index is 12.2. The molecule has 3 heterocycles. The van der Waals surface area contributed by atoms with Gasteiger partial charge in [-0.2, -0.15) is 0 Å². The summed E-state index contributed by atoms with van der Waals surface area (Å²) in [6.07, 6.45) is 1.49. The van der Waals surface area contributed by atoms with Crippen LogP contribution in [0.2, 0.25) is 0 Å². The second kappa shape index (κ2) is 6.89. The van der Waals surface area contributed by atoms with Gasteiger partial charge in [0.25, 0.3) is 0 Å². The monoisotopic (exact) mass is 349 g/mol. The Labute approximate surface area is 148 Å². The van der Waals surface area contributed by atoms with Gasteiger partial charge in [0.05, 0.1) is 19.1 Å². The van der Waals surface area contributed by atoms with Gasteiger partial charge in [-0.15, -0.1) is 10.2 Å². The Kier molecular flexibility index (Phi) is 4.82. The van der Waals surface area contributed by atoms with Crippen LogP contribution in [0.5, 0.6) is 0 Å². The molecule has 3 rings (SSSR count). The number of amides is 1. The number of aliphatic imine (C=N–C) groups is 1. The van der Waals surface area contributed by atoms with Gasteiger partial charge in [-0.1, -0.05) is 0 Å². The smallest absolute Gasteiger partial charge is 0.410 e. The molecule has 1 atom stereocenters. The number of aryl methyl sites for hydroxylation is 1. The van der Waals surface area contributed by atoms with E-state index in [1.807, 2.05) is 25.3 Å². The fourth-order valence-corrected chi connectivity index (χ4v) is 3.06. The van der Waals surface area contributed by atoms with Gasteiger partial charge >= 0.3 is 6.09 Å². The first-order chi connectivity index (χ1) is 11.9. The van der Waals surface area contributed by atoms with Gasteiger partial charge in [-0.05, 0) is 27.7 Å². The van der Waals surface area contributed by atoms with Gasteiger partial charge in [-0.3, -0.25) is 4.99 Å². The zero-order valence-corrected chi connectivity index (χ0v) is 15.4. The van der Waals surface area contributed by atoms with Crippen molar-refractivity contribution in [1.82, 2.24) is 29.9 Å². The minimum absolute atomic E-state index is 0.202. The van der Waals surface area contributed by atoms with E-state index < -0.39 is 5.60 Å². The molecule has 0 radical (unpaired) electrons. The van der Waals surface area contributed by atoms with E-state index >= 15 is 0 Å². The van der Waals surface area contributed by atoms with Gasteiger partial charge in [0.1, 0.15) is 11.9 Å². The molecule has 1 amide bonds. The van der Waals surface area contributed by atoms with E-state index in [2.05, 4.69) is 32.3 Å². The molecule has 1 unspecified atom stereocenters. The van der Waals surface area contributed by atoms with Crippen molar-refractivity contribution in [3.05, 3.63) is 12.2 Å². The van der Waals surface area contributed by atoms with E-state index in [-0.39, 0.29) is 12.1 Å². The summed E-state index contributed by atoms with van der Waals surface area (Å²) in [4.78, 5) is 20.9. The molecule has 138 valence electrons. The van der Waals surface area contributed by atoms with Crippen molar-refractivity contribution < 1.29 is 9.53 Å². The van der Waals surface area contributed by atoms with Crippen LogP contribution >= 0.6 is 0 Å². The number of carbonyl (C=O) groups is 1. The highest BCUT2D eigenvalue weighted by molar-refractivity contribution is 5.82. The van der Waals surface area contributed by atoms with Crippen LogP contribution in [0.4, 0.5) is 4.79 Å². The Bertz CT molecular complexity index is 649. The number of hydrogen-bond acceptors (Lipinski definition) is 7. The lowest BCUT2D eigenvalue weighted by Gasteiger charge is -2.39. The molecule has 1 saturated heterocycles. The van der Waals surface area contributed by atoms with Crippen LogP contribution in [-0.2, 0) is 17.8 Å². The lowest BCUT2D eigenvalue weighted by molar-refractivity contribution is 0.0137. The SMILES string of the molecule is CCn1cnnc1CNC1=NCC2CN(C(=O)OC(C)(C)C)CCN12. The van der Waals surface area contributed by atoms with Crippen LogP contribution in [0.3, 0.4) is 0 Å². The van der Waals surface area contributed by atoms with E-state index in [1.165, 1.54) is 0 Å². The molecule has 1 aromatic rings. The molecule has 0 spiro atoms. The predicted molar refractivity (Wildman–Crippen MR) is 93.1 cm³/mol. The highest BCUT2D eigenvalue weighted by Gasteiger charge is 2.36. The normalized spacial score (nSPS) is 20.3. The van der Waals surface area contributed by atoms with Crippen LogP contribution in [0.25, 0.3) is 0 Å². The average Bonchev–Trinajstić information content (AvgIpc) is 3.16. The van der Waals surface area contributed by atoms with Crippen molar-refractivity contribution in [1.29, 1.82) is 0 Å². The molecular formula is C16H27N7O2. The second-order valence-corrected chi connectivity index (χ2v) is 7.32. The quantitative estimate of drug-likeness (QED) is 0.863. The number of piperazine rings is 1. The van der Waals surface area contributed by atoms with Crippen LogP contribution in [0, 0.1) is 0 Å². The highest BCUT2D eigenvalue weighted by Crippen LogP contribution is 2.18. The number of fused-ring (bicyclic) bond motifs is 1. The predicted octanol–water partition coefficient (Wildman–Crippen LogP) is 0.679. The first-order valence-electron chi connectivity index (χ1n) is 8.77. The standard InChI is InChI=1S/C16H27N7O2/c1-5-21-11-19-20-13(21)9-18-14-17-8-12-10-22(6-7-23(12)14)15(24)25-16(2,3)4/h11-12H,5-10H2,1-4H3,(H,17,18). The Morgan fingerprint density at radius 3 is 2.92 bits per heavy atom. The van der Waals surface area contributed by atoms with Crippen molar-refractivity contribution in [3.63, 3.8) is 0 Å². The summed E-state index contributed by atoms with van der Waals surface area (Å²) in [5.74, 6) is 1.76. The van der Waals surface area contributed by atoms with E-state index in [1.54, 1.807) is 11.2 Å². The van der Waals surface area contributed by atoms with Crippen LogP contribution in [0.15, 0.2) is 11.3 Å². The van der Waals surface area contributed by atoms with Gasteiger partial charge in [0.15, 0.2) is 11.8 Å². The van der Waals surface area contributed by atoms with Crippen LogP contribution < -0.4 is 5.32 Å². The highest BCUT2D eigenvalue weighted by atomic mass is 16.6. The average molecular weight is 349 g/mol. The molecule has 1 aromatic heterocycles. The zero-order chi connectivity index (χ0) is 18.0. The minimum Gasteiger partial charge on any atom is -0.444 e. The van der Waals surface area contributed by atoms with Crippen molar-refractivity contribution >= 4 is 12.1 Å². The molecule has 1 N–H and O–H groups in total. The minimum atomic E-state index is -0.470. The fraction of sp³-hybridized carbons (Fsp3) is 0.750. The van der Waals surface area contributed by atoms with E-state index in [9.17, 15) is 4.79 Å². The second-order valence-electron chi connectivity index (χ2n) is 7.32. The summed E-state index contributed by atoms with van der Waals surface area (Å²) in [5.41, 5.74) is -0.470. The Hall–Kier alpha value is -2.32. The third kappa shape index (κ3) is 4.02. The van der Waals surface area contributed by atoms with Crippen LogP contribution in [-0.4, -0.2) is 74.4 Å². The number of hydrogen-bond donors (Lipinski definition) is 1. The number of nitrogens with zero attached hydrogens (tertiary/aromatic N) is 6. The first-order valence-corrected chi connectivity index (χ1v) is 8.77. The molecule has 0 aliphatic carbocycles. The van der Waals surface area contributed by atoms with E-state index in [0.717, 1.165) is 24.9 Å². The lowest BCUT2D eigenvalue weighted by Crippen LogP contribution is -2.57. The molecule has 9 heteroatoms. The number of rotatable bonds is 3. The largest absolute Gasteiger partial charge is 0.444 e. The molecule has 1 fully saturated rings. The van der Waals surface area contributed by atoms with Gasteiger partial charge in [0, 0.05) is 26.2 Å². The molecule has 0 saturated carbocycles. The fourth-order valence-electron chi connectivity index (χ4n) is 3.06. The van der Waals surface area contributed by atoms with Crippen molar-refractivity contribution in [2.75, 3.05) is 26.2 Å². The summed E-state index contributed by atoms with van der Waals surface area (Å²) >= 11 is 0. The maximum Gasteiger partial charge on any atom is 0.410 e. The van der Waals surface area contributed by atoms with Crippen LogP contribution in [0.1, 0.15) is 33.5 Å². The van der Waals surface area contributed by atoms with E-state index in [0.29, 0.717) is 26.2 Å². The van der Waals surface area contributed by atoms with Gasteiger partial charge in [-0.25, -0.2) is 4.79 Å². The molecule has 2 aliphatic heterocycles. The molecule has 9 nitrogen and oxygen atoms in total. The number of ether oxygens (including phenoxy) is 1. The molecular weight excluding hydrogens is 322 g/mol. The Morgan fingerprint density at radius 2 is 2.20 bits per heavy atom. The summed E-state index contributed by atoms with van der Waals surface area (Å²) in [7, 11) is 0. The summed E-state index contributed by atoms with van der Waals surface area (Å²) in [6.45, 7) is 11.8. The Morgan fingerprint density at radius 1 is 1.40 bits per heavy atom. The number of nitrogens with one attached hydrogen (secondary N) is 1. The summed E-state index contributed by atoms with van der Waals surface area (Å²) in [5, 5.41) is 11.4. The summed E-state index contributed by atoms with van der Waals surface area (Å²) < 4.78 is 7.47. The van der Waals surface area contributed by atoms with E-state index in [4.69, 9.17) is 4.74 Å². The van der Waals surface area contributed by atoms with Gasteiger partial charge < -0.3 is 24.4 Å². The lowest BCUT2D eigenvalue weighted by atomic mass is 10.2. The molecule has 0 aromatic carbocycles. The van der Waals surface area contributed by atoms with Gasteiger partial charge in [0.2, 0.25) is 0 Å². The third-order valence-electron chi connectivity index (χ3n) is 4.30. The number of carbonyl (C=O) groups excluding carboxylic acids is 1. The molecule has 2 aliphatic rings. The topological polar surface area (TPSA) is 87.9 Å². The first kappa shape index (κ1) is 17.5. The van der Waals surface area contributed by atoms with Crippen molar-refractivity contribution in [3.8, 4) is 0 Å². The molecule has 0 bridgehead atoms. The number of guanidine groups is 1. The Balaban J connectivity index is 1.53. The maximum atomic E-state index is 12.2. The third-order valence-corrected chi connectivity index (χ3v) is 4.30. The zero-order valence-electron chi connectivity index (χ0n) is 15.4. The molecule has 25 heavy (non-hydrogen) atoms. The summed E-state index contributed by atoms with van der Waals surface area (Å²) in [6, 6.07) is 0.202. The van der Waals surface area contributed by atoms with Crippen molar-refractivity contribution in [2.24, 2.45) is 4.99 Å². The number of aromatic nitrogens is 3.